The number of amides is 2. The molecule has 0 bridgehead atoms. The molecule has 2 rings (SSSR count). The molecule has 144 valence electrons. The summed E-state index contributed by atoms with van der Waals surface area (Å²) in [5.41, 5.74) is 1.05. The van der Waals surface area contributed by atoms with Gasteiger partial charge < -0.3 is 24.4 Å². The summed E-state index contributed by atoms with van der Waals surface area (Å²) in [6, 6.07) is 7.55. The predicted molar refractivity (Wildman–Crippen MR) is 97.1 cm³/mol. The summed E-state index contributed by atoms with van der Waals surface area (Å²) in [5, 5.41) is 3.02. The molecule has 1 fully saturated rings. The molecule has 1 N–H and O–H groups in total. The van der Waals surface area contributed by atoms with Crippen molar-refractivity contribution in [1.82, 2.24) is 10.2 Å². The number of hydrogen-bond donors (Lipinski definition) is 1. The first kappa shape index (κ1) is 20.2. The van der Waals surface area contributed by atoms with Crippen LogP contribution in [-0.2, 0) is 25.5 Å². The Hall–Kier alpha value is -2.12. The number of methoxy groups -OCH3 is 1. The number of carbonyl (C=O) groups is 2. The minimum Gasteiger partial charge on any atom is -0.497 e. The molecule has 1 aromatic rings. The zero-order valence-electron chi connectivity index (χ0n) is 15.7. The molecule has 26 heavy (non-hydrogen) atoms. The van der Waals surface area contributed by atoms with Crippen molar-refractivity contribution < 1.29 is 23.8 Å². The molecule has 7 nitrogen and oxygen atoms in total. The van der Waals surface area contributed by atoms with Gasteiger partial charge in [-0.25, -0.2) is 0 Å². The normalized spacial score (nSPS) is 19.7. The quantitative estimate of drug-likeness (QED) is 0.745. The standard InChI is InChI=1S/C19H28N2O5/c1-21(2)19(23)13-26-17-12-25-10-9-16(17)20-18(22)8-7-14-5-4-6-15(11-14)24-3/h4-6,11,16-17H,7-10,12-13H2,1-3H3,(H,20,22)/t16-,17-/m1/s1. The number of rotatable bonds is 8. The van der Waals surface area contributed by atoms with Crippen LogP contribution in [0, 0.1) is 0 Å². The molecule has 0 saturated carbocycles. The third-order valence-electron chi connectivity index (χ3n) is 4.35. The molecule has 0 aromatic heterocycles. The number of likely N-dealkylation sites (N-methyl/N-ethyl adjacent to an activating group) is 1. The molecule has 7 heteroatoms. The van der Waals surface area contributed by atoms with E-state index in [0.717, 1.165) is 11.3 Å². The van der Waals surface area contributed by atoms with Gasteiger partial charge in [-0.1, -0.05) is 12.1 Å². The van der Waals surface area contributed by atoms with Crippen LogP contribution in [0.5, 0.6) is 5.75 Å². The van der Waals surface area contributed by atoms with Crippen molar-refractivity contribution in [3.05, 3.63) is 29.8 Å². The third kappa shape index (κ3) is 6.31. The number of carbonyl (C=O) groups excluding carboxylic acids is 2. The Labute approximate surface area is 154 Å². The number of benzene rings is 1. The van der Waals surface area contributed by atoms with E-state index in [1.54, 1.807) is 21.2 Å². The number of nitrogens with one attached hydrogen (secondary N) is 1. The van der Waals surface area contributed by atoms with Crippen molar-refractivity contribution in [3.63, 3.8) is 0 Å². The van der Waals surface area contributed by atoms with Gasteiger partial charge in [0.25, 0.3) is 0 Å². The van der Waals surface area contributed by atoms with E-state index in [1.807, 2.05) is 24.3 Å². The van der Waals surface area contributed by atoms with E-state index in [1.165, 1.54) is 4.90 Å². The Bertz CT molecular complexity index is 605. The van der Waals surface area contributed by atoms with Crippen LogP contribution in [0.15, 0.2) is 24.3 Å². The lowest BCUT2D eigenvalue weighted by molar-refractivity contribution is -0.141. The van der Waals surface area contributed by atoms with E-state index < -0.39 is 0 Å². The highest BCUT2D eigenvalue weighted by atomic mass is 16.5. The summed E-state index contributed by atoms with van der Waals surface area (Å²) >= 11 is 0. The summed E-state index contributed by atoms with van der Waals surface area (Å²) in [6.45, 7) is 0.932. The zero-order chi connectivity index (χ0) is 18.9. The van der Waals surface area contributed by atoms with Crippen molar-refractivity contribution in [2.24, 2.45) is 0 Å². The van der Waals surface area contributed by atoms with Gasteiger partial charge in [-0.05, 0) is 30.5 Å². The lowest BCUT2D eigenvalue weighted by atomic mass is 10.0. The number of nitrogens with zero attached hydrogens (tertiary/aromatic N) is 1. The summed E-state index contributed by atoms with van der Waals surface area (Å²) in [6.07, 6.45) is 1.38. The van der Waals surface area contributed by atoms with Crippen LogP contribution in [0.1, 0.15) is 18.4 Å². The summed E-state index contributed by atoms with van der Waals surface area (Å²) in [7, 11) is 4.99. The lowest BCUT2D eigenvalue weighted by Crippen LogP contribution is -2.50. The van der Waals surface area contributed by atoms with Gasteiger partial charge in [0.1, 0.15) is 18.5 Å². The predicted octanol–water partition coefficient (Wildman–Crippen LogP) is 1.01. The lowest BCUT2D eigenvalue weighted by Gasteiger charge is -2.32. The first-order valence-corrected chi connectivity index (χ1v) is 8.81. The van der Waals surface area contributed by atoms with Gasteiger partial charge in [-0.2, -0.15) is 0 Å². The Morgan fingerprint density at radius 1 is 1.35 bits per heavy atom. The minimum absolute atomic E-state index is 0.0167. The van der Waals surface area contributed by atoms with Crippen LogP contribution in [0.2, 0.25) is 0 Å². The Morgan fingerprint density at radius 3 is 2.88 bits per heavy atom. The van der Waals surface area contributed by atoms with Gasteiger partial charge in [0.2, 0.25) is 11.8 Å². The van der Waals surface area contributed by atoms with Crippen LogP contribution >= 0.6 is 0 Å². The first-order chi connectivity index (χ1) is 12.5. The topological polar surface area (TPSA) is 77.1 Å². The highest BCUT2D eigenvalue weighted by molar-refractivity contribution is 5.77. The summed E-state index contributed by atoms with van der Waals surface area (Å²) < 4.78 is 16.3. The van der Waals surface area contributed by atoms with E-state index in [9.17, 15) is 9.59 Å². The van der Waals surface area contributed by atoms with Crippen molar-refractivity contribution in [3.8, 4) is 5.75 Å². The summed E-state index contributed by atoms with van der Waals surface area (Å²) in [5.74, 6) is 0.636. The second kappa shape index (κ2) is 10.1. The fourth-order valence-corrected chi connectivity index (χ4v) is 2.71. The molecule has 0 aliphatic carbocycles. The van der Waals surface area contributed by atoms with Gasteiger partial charge in [-0.3, -0.25) is 9.59 Å². The van der Waals surface area contributed by atoms with Crippen molar-refractivity contribution in [1.29, 1.82) is 0 Å². The van der Waals surface area contributed by atoms with E-state index in [0.29, 0.717) is 32.5 Å². The van der Waals surface area contributed by atoms with Crippen LogP contribution < -0.4 is 10.1 Å². The molecule has 1 aromatic carbocycles. The molecular formula is C19H28N2O5. The largest absolute Gasteiger partial charge is 0.497 e. The Morgan fingerprint density at radius 2 is 2.15 bits per heavy atom. The fraction of sp³-hybridized carbons (Fsp3) is 0.579. The number of hydrogen-bond acceptors (Lipinski definition) is 5. The van der Waals surface area contributed by atoms with Crippen molar-refractivity contribution in [2.75, 3.05) is 41.0 Å². The van der Waals surface area contributed by atoms with E-state index >= 15 is 0 Å². The molecule has 1 saturated heterocycles. The molecule has 0 spiro atoms. The van der Waals surface area contributed by atoms with Crippen molar-refractivity contribution in [2.45, 2.75) is 31.4 Å². The molecule has 2 atom stereocenters. The van der Waals surface area contributed by atoms with Crippen LogP contribution in [0.3, 0.4) is 0 Å². The minimum atomic E-state index is -0.312. The smallest absolute Gasteiger partial charge is 0.248 e. The zero-order valence-corrected chi connectivity index (χ0v) is 15.7. The number of aryl methyl sites for hydroxylation is 1. The maximum absolute atomic E-state index is 12.3. The van der Waals surface area contributed by atoms with Gasteiger partial charge in [0.05, 0.1) is 19.8 Å². The molecule has 1 aliphatic heterocycles. The average molecular weight is 364 g/mol. The van der Waals surface area contributed by atoms with Crippen LogP contribution in [0.25, 0.3) is 0 Å². The molecule has 2 amide bonds. The molecular weight excluding hydrogens is 336 g/mol. The maximum atomic E-state index is 12.3. The van der Waals surface area contributed by atoms with Gasteiger partial charge >= 0.3 is 0 Å². The van der Waals surface area contributed by atoms with Crippen LogP contribution in [-0.4, -0.2) is 69.9 Å². The maximum Gasteiger partial charge on any atom is 0.248 e. The van der Waals surface area contributed by atoms with E-state index in [2.05, 4.69) is 5.32 Å². The summed E-state index contributed by atoms with van der Waals surface area (Å²) in [4.78, 5) is 25.5. The van der Waals surface area contributed by atoms with E-state index in [-0.39, 0.29) is 30.6 Å². The average Bonchev–Trinajstić information content (AvgIpc) is 2.65. The Kier molecular flexibility index (Phi) is 7.87. The number of ether oxygens (including phenoxy) is 3. The fourth-order valence-electron chi connectivity index (χ4n) is 2.71. The third-order valence-corrected chi connectivity index (χ3v) is 4.35. The molecule has 1 heterocycles. The Balaban J connectivity index is 1.81. The van der Waals surface area contributed by atoms with E-state index in [4.69, 9.17) is 14.2 Å². The second-order valence-corrected chi connectivity index (χ2v) is 6.53. The van der Waals surface area contributed by atoms with Crippen LogP contribution in [0.4, 0.5) is 0 Å². The highest BCUT2D eigenvalue weighted by Crippen LogP contribution is 2.15. The monoisotopic (exact) mass is 364 g/mol. The first-order valence-electron chi connectivity index (χ1n) is 8.81. The molecule has 0 unspecified atom stereocenters. The molecule has 1 aliphatic rings. The molecule has 0 radical (unpaired) electrons. The van der Waals surface area contributed by atoms with Gasteiger partial charge in [0.15, 0.2) is 0 Å². The SMILES string of the molecule is COc1cccc(CCC(=O)N[C@@H]2CCOC[C@H]2OCC(=O)N(C)C)c1. The highest BCUT2D eigenvalue weighted by Gasteiger charge is 2.28. The van der Waals surface area contributed by atoms with Gasteiger partial charge in [-0.15, -0.1) is 0 Å². The van der Waals surface area contributed by atoms with Gasteiger partial charge in [0, 0.05) is 27.1 Å². The van der Waals surface area contributed by atoms with Crippen molar-refractivity contribution >= 4 is 11.8 Å². The second-order valence-electron chi connectivity index (χ2n) is 6.53.